The number of benzene rings is 2. The van der Waals surface area contributed by atoms with Crippen molar-refractivity contribution in [2.45, 2.75) is 44.7 Å². The van der Waals surface area contributed by atoms with Crippen molar-refractivity contribution < 1.29 is 18.0 Å². The summed E-state index contributed by atoms with van der Waals surface area (Å²) < 4.78 is 43.5. The van der Waals surface area contributed by atoms with E-state index in [9.17, 15) is 18.0 Å². The molecule has 0 bridgehead atoms. The fourth-order valence-electron chi connectivity index (χ4n) is 4.90. The van der Waals surface area contributed by atoms with Crippen LogP contribution in [0.1, 0.15) is 41.4 Å². The quantitative estimate of drug-likeness (QED) is 0.349. The number of halogens is 3. The van der Waals surface area contributed by atoms with E-state index in [1.54, 1.807) is 29.1 Å². The zero-order valence-electron chi connectivity index (χ0n) is 20.1. The van der Waals surface area contributed by atoms with Crippen LogP contribution >= 0.6 is 0 Å². The number of nitrogens with one attached hydrogen (secondary N) is 1. The van der Waals surface area contributed by atoms with Gasteiger partial charge in [-0.2, -0.15) is 5.10 Å². The molecular formula is C28H26F3N5O. The van der Waals surface area contributed by atoms with Crippen LogP contribution in [0.4, 0.5) is 18.9 Å². The van der Waals surface area contributed by atoms with Crippen molar-refractivity contribution in [3.8, 4) is 11.1 Å². The fraction of sp³-hybridized carbons (Fsp3) is 0.250. The Morgan fingerprint density at radius 1 is 1.05 bits per heavy atom. The zero-order chi connectivity index (χ0) is 25.9. The molecule has 1 atom stereocenters. The number of nitrogen functional groups attached to an aromatic ring is 1. The van der Waals surface area contributed by atoms with Crippen LogP contribution in [0.25, 0.3) is 11.1 Å². The maximum atomic E-state index is 14.0. The highest BCUT2D eigenvalue weighted by Crippen LogP contribution is 2.31. The first-order valence-electron chi connectivity index (χ1n) is 12.2. The summed E-state index contributed by atoms with van der Waals surface area (Å²) in [5, 5.41) is 7.39. The number of nitrogens with zero attached hydrogens (tertiary/aromatic N) is 3. The van der Waals surface area contributed by atoms with E-state index >= 15 is 0 Å². The largest absolute Gasteiger partial charge is 0.396 e. The van der Waals surface area contributed by atoms with Gasteiger partial charge in [-0.1, -0.05) is 12.1 Å². The zero-order valence-corrected chi connectivity index (χ0v) is 20.1. The molecule has 0 aliphatic heterocycles. The van der Waals surface area contributed by atoms with Crippen LogP contribution in [0.3, 0.4) is 0 Å². The van der Waals surface area contributed by atoms with Crippen molar-refractivity contribution >= 4 is 11.6 Å². The highest BCUT2D eigenvalue weighted by atomic mass is 19.1. The van der Waals surface area contributed by atoms with Crippen molar-refractivity contribution in [3.63, 3.8) is 0 Å². The highest BCUT2D eigenvalue weighted by Gasteiger charge is 2.23. The average molecular weight is 506 g/mol. The molecule has 2 heterocycles. The SMILES string of the molecule is Nc1cc(-c2cccnc2[C@H](Cc2cc(F)cc(F)c2)NC(=O)Cn2ncc3c2CCCC3)ccc1F. The number of hydrogen-bond acceptors (Lipinski definition) is 4. The summed E-state index contributed by atoms with van der Waals surface area (Å²) in [6.07, 6.45) is 7.43. The summed E-state index contributed by atoms with van der Waals surface area (Å²) in [6, 6.07) is 10.3. The molecule has 1 aliphatic rings. The highest BCUT2D eigenvalue weighted by molar-refractivity contribution is 5.77. The lowest BCUT2D eigenvalue weighted by molar-refractivity contribution is -0.122. The van der Waals surface area contributed by atoms with Gasteiger partial charge in [-0.05, 0) is 79.1 Å². The predicted molar refractivity (Wildman–Crippen MR) is 134 cm³/mol. The van der Waals surface area contributed by atoms with Gasteiger partial charge in [0.15, 0.2) is 0 Å². The molecule has 2 aromatic carbocycles. The van der Waals surface area contributed by atoms with Gasteiger partial charge in [0, 0.05) is 23.5 Å². The van der Waals surface area contributed by atoms with E-state index in [0.29, 0.717) is 22.4 Å². The number of aromatic nitrogens is 3. The van der Waals surface area contributed by atoms with E-state index in [0.717, 1.165) is 43.0 Å². The lowest BCUT2D eigenvalue weighted by atomic mass is 9.95. The summed E-state index contributed by atoms with van der Waals surface area (Å²) in [7, 11) is 0. The topological polar surface area (TPSA) is 85.8 Å². The van der Waals surface area contributed by atoms with Crippen molar-refractivity contribution in [2.75, 3.05) is 5.73 Å². The van der Waals surface area contributed by atoms with E-state index < -0.39 is 23.5 Å². The van der Waals surface area contributed by atoms with Crippen LogP contribution in [0.2, 0.25) is 0 Å². The van der Waals surface area contributed by atoms with Gasteiger partial charge in [-0.15, -0.1) is 0 Å². The van der Waals surface area contributed by atoms with Gasteiger partial charge in [0.2, 0.25) is 5.91 Å². The molecule has 3 N–H and O–H groups in total. The van der Waals surface area contributed by atoms with Crippen LogP contribution in [0.5, 0.6) is 0 Å². The summed E-state index contributed by atoms with van der Waals surface area (Å²) in [4.78, 5) is 17.7. The Balaban J connectivity index is 1.48. The van der Waals surface area contributed by atoms with E-state index in [1.165, 1.54) is 24.3 Å². The Morgan fingerprint density at radius 2 is 1.84 bits per heavy atom. The van der Waals surface area contributed by atoms with Gasteiger partial charge < -0.3 is 11.1 Å². The Hall–Kier alpha value is -4.14. The Bertz CT molecular complexity index is 1430. The van der Waals surface area contributed by atoms with Crippen molar-refractivity contribution in [1.82, 2.24) is 20.1 Å². The Morgan fingerprint density at radius 3 is 2.62 bits per heavy atom. The second kappa shape index (κ2) is 10.5. The normalized spacial score (nSPS) is 13.7. The van der Waals surface area contributed by atoms with Crippen molar-refractivity contribution in [3.05, 3.63) is 101 Å². The molecule has 9 heteroatoms. The molecule has 2 aromatic heterocycles. The number of amides is 1. The number of rotatable bonds is 7. The number of pyridine rings is 1. The second-order valence-electron chi connectivity index (χ2n) is 9.26. The predicted octanol–water partition coefficient (Wildman–Crippen LogP) is 4.92. The first kappa shape index (κ1) is 24.5. The average Bonchev–Trinajstić information content (AvgIpc) is 3.27. The van der Waals surface area contributed by atoms with Gasteiger partial charge in [-0.3, -0.25) is 14.5 Å². The second-order valence-corrected chi connectivity index (χ2v) is 9.26. The van der Waals surface area contributed by atoms with Gasteiger partial charge >= 0.3 is 0 Å². The number of aryl methyl sites for hydroxylation is 1. The molecule has 0 radical (unpaired) electrons. The Labute approximate surface area is 212 Å². The van der Waals surface area contributed by atoms with Crippen molar-refractivity contribution in [1.29, 1.82) is 0 Å². The van der Waals surface area contributed by atoms with Gasteiger partial charge in [0.05, 0.1) is 23.6 Å². The third-order valence-electron chi connectivity index (χ3n) is 6.61. The van der Waals surface area contributed by atoms with Crippen LogP contribution in [0.15, 0.2) is 60.9 Å². The third kappa shape index (κ3) is 5.50. The Kier molecular flexibility index (Phi) is 6.94. The minimum atomic E-state index is -0.734. The molecular weight excluding hydrogens is 479 g/mol. The van der Waals surface area contributed by atoms with Crippen molar-refractivity contribution in [2.24, 2.45) is 0 Å². The first-order chi connectivity index (χ1) is 17.9. The summed E-state index contributed by atoms with van der Waals surface area (Å²) in [6.45, 7) is 0.00894. The van der Waals surface area contributed by atoms with E-state index in [2.05, 4.69) is 15.4 Å². The molecule has 6 nitrogen and oxygen atoms in total. The number of carbonyl (C=O) groups excluding carboxylic acids is 1. The molecule has 0 saturated heterocycles. The van der Waals surface area contributed by atoms with Crippen LogP contribution < -0.4 is 11.1 Å². The summed E-state index contributed by atoms with van der Waals surface area (Å²) >= 11 is 0. The maximum absolute atomic E-state index is 14.0. The van der Waals surface area contributed by atoms with E-state index in [4.69, 9.17) is 5.73 Å². The standard InChI is InChI=1S/C28H26F3N5O/c29-20-10-17(11-21(30)14-20)12-25(35-27(37)16-36-26-6-2-1-4-19(26)15-34-36)28-22(5-3-9-33-28)18-7-8-23(31)24(32)13-18/h3,5,7-11,13-15,25H,1-2,4,6,12,16,32H2,(H,35,37)/t25-/m0/s1. The van der Waals surface area contributed by atoms with Gasteiger partial charge in [0.25, 0.3) is 0 Å². The van der Waals surface area contributed by atoms with E-state index in [-0.39, 0.29) is 24.6 Å². The summed E-state index contributed by atoms with van der Waals surface area (Å²) in [5.74, 6) is -2.28. The molecule has 0 unspecified atom stereocenters. The lowest BCUT2D eigenvalue weighted by Gasteiger charge is -2.22. The number of fused-ring (bicyclic) bond motifs is 1. The molecule has 4 aromatic rings. The molecule has 0 fully saturated rings. The molecule has 1 aliphatic carbocycles. The molecule has 1 amide bonds. The smallest absolute Gasteiger partial charge is 0.242 e. The minimum Gasteiger partial charge on any atom is -0.396 e. The van der Waals surface area contributed by atoms with Crippen LogP contribution in [-0.2, 0) is 30.6 Å². The molecule has 37 heavy (non-hydrogen) atoms. The third-order valence-corrected chi connectivity index (χ3v) is 6.61. The molecule has 0 spiro atoms. The van der Waals surface area contributed by atoms with Gasteiger partial charge in [-0.25, -0.2) is 13.2 Å². The molecule has 190 valence electrons. The lowest BCUT2D eigenvalue weighted by Crippen LogP contribution is -2.34. The monoisotopic (exact) mass is 505 g/mol. The number of carbonyl (C=O) groups is 1. The first-order valence-corrected chi connectivity index (χ1v) is 12.2. The number of hydrogen-bond donors (Lipinski definition) is 2. The molecule has 0 saturated carbocycles. The number of anilines is 1. The summed E-state index contributed by atoms with van der Waals surface area (Å²) in [5.41, 5.74) is 10.0. The van der Waals surface area contributed by atoms with Gasteiger partial charge in [0.1, 0.15) is 24.0 Å². The fourth-order valence-corrected chi connectivity index (χ4v) is 4.90. The van der Waals surface area contributed by atoms with Crippen LogP contribution in [0, 0.1) is 17.5 Å². The van der Waals surface area contributed by atoms with Crippen LogP contribution in [-0.4, -0.2) is 20.7 Å². The minimum absolute atomic E-state index is 0.00894. The number of nitrogens with two attached hydrogens (primary N) is 1. The van der Waals surface area contributed by atoms with E-state index in [1.807, 2.05) is 6.20 Å². The maximum Gasteiger partial charge on any atom is 0.242 e. The molecule has 5 rings (SSSR count).